The van der Waals surface area contributed by atoms with Gasteiger partial charge in [0.1, 0.15) is 0 Å². The molecule has 0 radical (unpaired) electrons. The van der Waals surface area contributed by atoms with Crippen LogP contribution >= 0.6 is 11.3 Å². The number of hydrogen-bond donors (Lipinski definition) is 2. The average Bonchev–Trinajstić information content (AvgIpc) is 2.79. The summed E-state index contributed by atoms with van der Waals surface area (Å²) in [6.45, 7) is 5.87. The first-order valence-corrected chi connectivity index (χ1v) is 8.09. The lowest BCUT2D eigenvalue weighted by Gasteiger charge is -2.29. The Morgan fingerprint density at radius 2 is 2.10 bits per heavy atom. The van der Waals surface area contributed by atoms with E-state index in [-0.39, 0.29) is 17.7 Å². The number of aromatic nitrogens is 1. The van der Waals surface area contributed by atoms with Crippen molar-refractivity contribution in [1.29, 1.82) is 0 Å². The minimum atomic E-state index is -0.232. The van der Waals surface area contributed by atoms with E-state index in [0.29, 0.717) is 11.7 Å². The molecule has 2 amide bonds. The second kappa shape index (κ2) is 7.00. The van der Waals surface area contributed by atoms with E-state index in [2.05, 4.69) is 22.1 Å². The van der Waals surface area contributed by atoms with Crippen LogP contribution < -0.4 is 11.1 Å². The van der Waals surface area contributed by atoms with Crippen LogP contribution in [0.1, 0.15) is 30.3 Å². The van der Waals surface area contributed by atoms with Crippen molar-refractivity contribution in [3.8, 4) is 0 Å². The predicted octanol–water partition coefficient (Wildman–Crippen LogP) is 1.15. The van der Waals surface area contributed by atoms with Gasteiger partial charge in [-0.3, -0.25) is 14.5 Å². The summed E-state index contributed by atoms with van der Waals surface area (Å²) in [5.41, 5.74) is 6.34. The summed E-state index contributed by atoms with van der Waals surface area (Å²) in [5, 5.41) is 3.52. The molecule has 0 spiro atoms. The Labute approximate surface area is 128 Å². The third kappa shape index (κ3) is 4.25. The number of hydrogen-bond acceptors (Lipinski definition) is 5. The fourth-order valence-corrected chi connectivity index (χ4v) is 3.47. The van der Waals surface area contributed by atoms with Crippen molar-refractivity contribution < 1.29 is 9.59 Å². The van der Waals surface area contributed by atoms with Gasteiger partial charge in [-0.05, 0) is 39.3 Å². The highest BCUT2D eigenvalue weighted by molar-refractivity contribution is 7.15. The molecule has 0 atom stereocenters. The molecule has 0 aromatic carbocycles. The number of carbonyl (C=O) groups is 2. The molecule has 1 aromatic heterocycles. The second-order valence-electron chi connectivity index (χ2n) is 5.38. The Morgan fingerprint density at radius 3 is 2.62 bits per heavy atom. The number of thiazole rings is 1. The molecule has 1 aliphatic rings. The van der Waals surface area contributed by atoms with E-state index in [4.69, 9.17) is 5.73 Å². The number of rotatable bonds is 5. The average molecular weight is 310 g/mol. The molecule has 1 saturated heterocycles. The lowest BCUT2D eigenvalue weighted by Crippen LogP contribution is -2.42. The number of amides is 2. The summed E-state index contributed by atoms with van der Waals surface area (Å²) in [4.78, 5) is 30.7. The van der Waals surface area contributed by atoms with E-state index < -0.39 is 0 Å². The molecule has 3 N–H and O–H groups in total. The SMILES string of the molecule is CCc1nc(NC(=O)CN2CCC(C(N)=O)CC2)sc1C. The first-order valence-electron chi connectivity index (χ1n) is 7.27. The van der Waals surface area contributed by atoms with Crippen LogP contribution in [0.15, 0.2) is 0 Å². The third-order valence-electron chi connectivity index (χ3n) is 3.83. The van der Waals surface area contributed by atoms with Crippen LogP contribution in [0.4, 0.5) is 5.13 Å². The molecule has 2 rings (SSSR count). The molecule has 6 nitrogen and oxygen atoms in total. The molecule has 1 fully saturated rings. The first-order chi connectivity index (χ1) is 9.99. The summed E-state index contributed by atoms with van der Waals surface area (Å²) in [6, 6.07) is 0. The number of carbonyl (C=O) groups excluding carboxylic acids is 2. The summed E-state index contributed by atoms with van der Waals surface area (Å²) in [7, 11) is 0. The fraction of sp³-hybridized carbons (Fsp3) is 0.643. The summed E-state index contributed by atoms with van der Waals surface area (Å²) in [6.07, 6.45) is 2.34. The van der Waals surface area contributed by atoms with E-state index in [1.165, 1.54) is 11.3 Å². The van der Waals surface area contributed by atoms with Crippen LogP contribution in [-0.2, 0) is 16.0 Å². The lowest BCUT2D eigenvalue weighted by molar-refractivity contribution is -0.123. The van der Waals surface area contributed by atoms with Crippen LogP contribution in [0, 0.1) is 12.8 Å². The van der Waals surface area contributed by atoms with Crippen molar-refractivity contribution in [2.75, 3.05) is 25.0 Å². The van der Waals surface area contributed by atoms with Crippen LogP contribution in [-0.4, -0.2) is 41.3 Å². The number of primary amides is 1. The Balaban J connectivity index is 1.81. The van der Waals surface area contributed by atoms with Gasteiger partial charge in [0.2, 0.25) is 11.8 Å². The Bertz CT molecular complexity index is 521. The Kier molecular flexibility index (Phi) is 5.30. The van der Waals surface area contributed by atoms with Gasteiger partial charge in [0.15, 0.2) is 5.13 Å². The van der Waals surface area contributed by atoms with Crippen molar-refractivity contribution in [2.45, 2.75) is 33.1 Å². The van der Waals surface area contributed by atoms with Crippen molar-refractivity contribution in [3.63, 3.8) is 0 Å². The van der Waals surface area contributed by atoms with Gasteiger partial charge in [0.25, 0.3) is 0 Å². The van der Waals surface area contributed by atoms with Crippen molar-refractivity contribution in [2.24, 2.45) is 11.7 Å². The minimum absolute atomic E-state index is 0.0435. The largest absolute Gasteiger partial charge is 0.369 e. The maximum absolute atomic E-state index is 12.0. The zero-order chi connectivity index (χ0) is 15.4. The van der Waals surface area contributed by atoms with E-state index in [0.717, 1.165) is 42.9 Å². The molecule has 0 unspecified atom stereocenters. The van der Waals surface area contributed by atoms with Gasteiger partial charge >= 0.3 is 0 Å². The van der Waals surface area contributed by atoms with E-state index >= 15 is 0 Å². The molecule has 0 bridgehead atoms. The van der Waals surface area contributed by atoms with Gasteiger partial charge in [-0.15, -0.1) is 11.3 Å². The number of likely N-dealkylation sites (tertiary alicyclic amines) is 1. The maximum atomic E-state index is 12.0. The van der Waals surface area contributed by atoms with Crippen molar-refractivity contribution >= 4 is 28.3 Å². The summed E-state index contributed by atoms with van der Waals surface area (Å²) < 4.78 is 0. The lowest BCUT2D eigenvalue weighted by atomic mass is 9.96. The maximum Gasteiger partial charge on any atom is 0.240 e. The monoisotopic (exact) mass is 310 g/mol. The molecule has 21 heavy (non-hydrogen) atoms. The zero-order valence-electron chi connectivity index (χ0n) is 12.5. The van der Waals surface area contributed by atoms with Crippen LogP contribution in [0.5, 0.6) is 0 Å². The topological polar surface area (TPSA) is 88.3 Å². The highest BCUT2D eigenvalue weighted by Gasteiger charge is 2.24. The zero-order valence-corrected chi connectivity index (χ0v) is 13.3. The highest BCUT2D eigenvalue weighted by Crippen LogP contribution is 2.22. The quantitative estimate of drug-likeness (QED) is 0.854. The van der Waals surface area contributed by atoms with Gasteiger partial charge in [-0.25, -0.2) is 4.98 Å². The molecular formula is C14H22N4O2S. The van der Waals surface area contributed by atoms with Gasteiger partial charge in [0, 0.05) is 10.8 Å². The normalized spacial score (nSPS) is 16.9. The molecule has 0 saturated carbocycles. The molecule has 1 aliphatic heterocycles. The molecule has 1 aromatic rings. The summed E-state index contributed by atoms with van der Waals surface area (Å²) >= 11 is 1.51. The molecule has 0 aliphatic carbocycles. The number of anilines is 1. The molecular weight excluding hydrogens is 288 g/mol. The first kappa shape index (κ1) is 15.9. The number of piperidine rings is 1. The third-order valence-corrected chi connectivity index (χ3v) is 4.76. The molecule has 7 heteroatoms. The van der Waals surface area contributed by atoms with Gasteiger partial charge in [-0.1, -0.05) is 6.92 Å². The van der Waals surface area contributed by atoms with E-state index in [1.54, 1.807) is 0 Å². The predicted molar refractivity (Wildman–Crippen MR) is 83.2 cm³/mol. The van der Waals surface area contributed by atoms with Crippen molar-refractivity contribution in [1.82, 2.24) is 9.88 Å². The second-order valence-corrected chi connectivity index (χ2v) is 6.58. The van der Waals surface area contributed by atoms with Crippen LogP contribution in [0.3, 0.4) is 0 Å². The number of nitrogens with two attached hydrogens (primary N) is 1. The number of aryl methyl sites for hydroxylation is 2. The fourth-order valence-electron chi connectivity index (χ4n) is 2.55. The highest BCUT2D eigenvalue weighted by atomic mass is 32.1. The Morgan fingerprint density at radius 1 is 1.43 bits per heavy atom. The number of nitrogens with one attached hydrogen (secondary N) is 1. The van der Waals surface area contributed by atoms with E-state index in [1.807, 2.05) is 6.92 Å². The molecule has 2 heterocycles. The van der Waals surface area contributed by atoms with Gasteiger partial charge in [-0.2, -0.15) is 0 Å². The summed E-state index contributed by atoms with van der Waals surface area (Å²) in [5.74, 6) is -0.327. The van der Waals surface area contributed by atoms with Crippen molar-refractivity contribution in [3.05, 3.63) is 10.6 Å². The van der Waals surface area contributed by atoms with Crippen LogP contribution in [0.2, 0.25) is 0 Å². The van der Waals surface area contributed by atoms with Crippen LogP contribution in [0.25, 0.3) is 0 Å². The van der Waals surface area contributed by atoms with Gasteiger partial charge in [0.05, 0.1) is 12.2 Å². The number of nitrogens with zero attached hydrogens (tertiary/aromatic N) is 2. The standard InChI is InChI=1S/C14H22N4O2S/c1-3-11-9(2)21-14(16-11)17-12(19)8-18-6-4-10(5-7-18)13(15)20/h10H,3-8H2,1-2H3,(H2,15,20)(H,16,17,19). The van der Waals surface area contributed by atoms with Gasteiger partial charge < -0.3 is 11.1 Å². The smallest absolute Gasteiger partial charge is 0.240 e. The molecule has 116 valence electrons. The van der Waals surface area contributed by atoms with E-state index in [9.17, 15) is 9.59 Å². The Hall–Kier alpha value is -1.47. The minimum Gasteiger partial charge on any atom is -0.369 e.